The lowest BCUT2D eigenvalue weighted by Crippen LogP contribution is -2.42. The zero-order chi connectivity index (χ0) is 15.0. The van der Waals surface area contributed by atoms with Crippen LogP contribution in [0.3, 0.4) is 0 Å². The number of carbonyl (C=O) groups excluding carboxylic acids is 2. The number of rotatable bonds is 7. The van der Waals surface area contributed by atoms with Gasteiger partial charge in [0.2, 0.25) is 11.8 Å². The van der Waals surface area contributed by atoms with Gasteiger partial charge in [-0.25, -0.2) is 0 Å². The number of hydrogen-bond acceptors (Lipinski definition) is 4. The van der Waals surface area contributed by atoms with Gasteiger partial charge in [-0.1, -0.05) is 13.8 Å². The molecule has 0 aliphatic carbocycles. The first kappa shape index (κ1) is 22.9. The van der Waals surface area contributed by atoms with Crippen LogP contribution < -0.4 is 16.4 Å². The van der Waals surface area contributed by atoms with Gasteiger partial charge in [0, 0.05) is 31.0 Å². The Kier molecular flexibility index (Phi) is 12.7. The SMILES string of the molecule is CC(C)C[C@H](N)C(=O)NCCC(=O)Nc1ccncc1.Cl.Cl. The number of halogens is 2. The maximum Gasteiger partial charge on any atom is 0.236 e. The van der Waals surface area contributed by atoms with Gasteiger partial charge in [-0.05, 0) is 24.5 Å². The smallest absolute Gasteiger partial charge is 0.236 e. The molecule has 0 fully saturated rings. The third kappa shape index (κ3) is 9.55. The Labute approximate surface area is 143 Å². The highest BCUT2D eigenvalue weighted by atomic mass is 35.5. The minimum Gasteiger partial charge on any atom is -0.354 e. The van der Waals surface area contributed by atoms with E-state index < -0.39 is 6.04 Å². The second-order valence-corrected chi connectivity index (χ2v) is 5.06. The summed E-state index contributed by atoms with van der Waals surface area (Å²) in [6.45, 7) is 4.30. The highest BCUT2D eigenvalue weighted by Crippen LogP contribution is 2.04. The highest BCUT2D eigenvalue weighted by molar-refractivity contribution is 5.91. The van der Waals surface area contributed by atoms with Crippen molar-refractivity contribution in [2.24, 2.45) is 11.7 Å². The van der Waals surface area contributed by atoms with Gasteiger partial charge in [-0.15, -0.1) is 24.8 Å². The molecule has 0 aromatic carbocycles. The Morgan fingerprint density at radius 3 is 2.36 bits per heavy atom. The van der Waals surface area contributed by atoms with Crippen molar-refractivity contribution < 1.29 is 9.59 Å². The first-order chi connectivity index (χ1) is 9.49. The average molecular weight is 351 g/mol. The lowest BCUT2D eigenvalue weighted by atomic mass is 10.0. The van der Waals surface area contributed by atoms with E-state index in [9.17, 15) is 9.59 Å². The van der Waals surface area contributed by atoms with E-state index >= 15 is 0 Å². The molecule has 0 aliphatic heterocycles. The summed E-state index contributed by atoms with van der Waals surface area (Å²) in [7, 11) is 0. The van der Waals surface area contributed by atoms with Crippen LogP contribution in [0.15, 0.2) is 24.5 Å². The van der Waals surface area contributed by atoms with Gasteiger partial charge in [0.1, 0.15) is 0 Å². The number of aromatic nitrogens is 1. The molecule has 1 atom stereocenters. The van der Waals surface area contributed by atoms with E-state index in [1.54, 1.807) is 24.5 Å². The van der Waals surface area contributed by atoms with Crippen LogP contribution in [0.25, 0.3) is 0 Å². The standard InChI is InChI=1S/C14H22N4O2.2ClH/c1-10(2)9-12(15)14(20)17-8-5-13(19)18-11-3-6-16-7-4-11;;/h3-4,6-7,10,12H,5,8-9,15H2,1-2H3,(H,17,20)(H,16,18,19);2*1H/t12-;;/m0../s1. The highest BCUT2D eigenvalue weighted by Gasteiger charge is 2.14. The zero-order valence-corrected chi connectivity index (χ0v) is 14.4. The fraction of sp³-hybridized carbons (Fsp3) is 0.500. The van der Waals surface area contributed by atoms with E-state index in [1.807, 2.05) is 13.8 Å². The number of nitrogens with one attached hydrogen (secondary N) is 2. The molecule has 6 nitrogen and oxygen atoms in total. The number of anilines is 1. The zero-order valence-electron chi connectivity index (χ0n) is 12.7. The van der Waals surface area contributed by atoms with Crippen LogP contribution in [0, 0.1) is 5.92 Å². The van der Waals surface area contributed by atoms with Crippen LogP contribution in [0.2, 0.25) is 0 Å². The molecule has 1 rings (SSSR count). The van der Waals surface area contributed by atoms with E-state index in [0.717, 1.165) is 0 Å². The predicted octanol–water partition coefficient (Wildman–Crippen LogP) is 1.74. The minimum atomic E-state index is -0.516. The largest absolute Gasteiger partial charge is 0.354 e. The number of nitrogens with two attached hydrogens (primary N) is 1. The summed E-state index contributed by atoms with van der Waals surface area (Å²) in [5, 5.41) is 5.38. The summed E-state index contributed by atoms with van der Waals surface area (Å²) in [4.78, 5) is 27.1. The van der Waals surface area contributed by atoms with Crippen molar-refractivity contribution >= 4 is 42.3 Å². The van der Waals surface area contributed by atoms with Crippen molar-refractivity contribution in [3.05, 3.63) is 24.5 Å². The van der Waals surface area contributed by atoms with Gasteiger partial charge in [0.15, 0.2) is 0 Å². The normalized spacial score (nSPS) is 10.9. The minimum absolute atomic E-state index is 0. The molecule has 1 aromatic rings. The summed E-state index contributed by atoms with van der Waals surface area (Å²) < 4.78 is 0. The molecule has 126 valence electrons. The molecule has 4 N–H and O–H groups in total. The molecule has 2 amide bonds. The number of nitrogens with zero attached hydrogens (tertiary/aromatic N) is 1. The first-order valence-corrected chi connectivity index (χ1v) is 6.72. The van der Waals surface area contributed by atoms with Crippen molar-refractivity contribution in [1.29, 1.82) is 0 Å². The molecule has 0 saturated heterocycles. The van der Waals surface area contributed by atoms with Crippen LogP contribution in [0.4, 0.5) is 5.69 Å². The number of carbonyl (C=O) groups is 2. The average Bonchev–Trinajstić information content (AvgIpc) is 2.38. The van der Waals surface area contributed by atoms with Gasteiger partial charge in [0.05, 0.1) is 6.04 Å². The second-order valence-electron chi connectivity index (χ2n) is 5.06. The molecule has 0 bridgehead atoms. The van der Waals surface area contributed by atoms with E-state index in [-0.39, 0.29) is 49.6 Å². The Hall–Kier alpha value is -1.37. The van der Waals surface area contributed by atoms with E-state index in [4.69, 9.17) is 5.73 Å². The molecule has 0 unspecified atom stereocenters. The molecule has 1 aromatic heterocycles. The van der Waals surface area contributed by atoms with Gasteiger partial charge in [-0.3, -0.25) is 14.6 Å². The monoisotopic (exact) mass is 350 g/mol. The predicted molar refractivity (Wildman–Crippen MR) is 92.4 cm³/mol. The first-order valence-electron chi connectivity index (χ1n) is 6.72. The lowest BCUT2D eigenvalue weighted by Gasteiger charge is -2.14. The molecule has 0 saturated carbocycles. The number of pyridine rings is 1. The van der Waals surface area contributed by atoms with Crippen LogP contribution in [0.1, 0.15) is 26.7 Å². The molecule has 22 heavy (non-hydrogen) atoms. The molecule has 1 heterocycles. The van der Waals surface area contributed by atoms with Gasteiger partial charge in [-0.2, -0.15) is 0 Å². The van der Waals surface area contributed by atoms with Gasteiger partial charge >= 0.3 is 0 Å². The van der Waals surface area contributed by atoms with Crippen molar-refractivity contribution in [1.82, 2.24) is 10.3 Å². The Bertz CT molecular complexity index is 444. The van der Waals surface area contributed by atoms with Crippen molar-refractivity contribution in [3.63, 3.8) is 0 Å². The van der Waals surface area contributed by atoms with E-state index in [1.165, 1.54) is 0 Å². The summed E-state index contributed by atoms with van der Waals surface area (Å²) in [6.07, 6.45) is 4.04. The number of hydrogen-bond donors (Lipinski definition) is 3. The van der Waals surface area contributed by atoms with Crippen LogP contribution in [-0.4, -0.2) is 29.4 Å². The van der Waals surface area contributed by atoms with Crippen molar-refractivity contribution in [3.8, 4) is 0 Å². The molecule has 0 radical (unpaired) electrons. The van der Waals surface area contributed by atoms with Crippen molar-refractivity contribution in [2.75, 3.05) is 11.9 Å². The topological polar surface area (TPSA) is 97.1 Å². The summed E-state index contributed by atoms with van der Waals surface area (Å²) in [5.41, 5.74) is 6.43. The molecule has 8 heteroatoms. The number of amides is 2. The third-order valence-corrected chi connectivity index (χ3v) is 2.68. The Morgan fingerprint density at radius 2 is 1.82 bits per heavy atom. The second kappa shape index (κ2) is 12.2. The third-order valence-electron chi connectivity index (χ3n) is 2.68. The fourth-order valence-electron chi connectivity index (χ4n) is 1.70. The molecular formula is C14H24Cl2N4O2. The van der Waals surface area contributed by atoms with Gasteiger partial charge < -0.3 is 16.4 Å². The van der Waals surface area contributed by atoms with Crippen LogP contribution in [0.5, 0.6) is 0 Å². The van der Waals surface area contributed by atoms with E-state index in [0.29, 0.717) is 18.0 Å². The summed E-state index contributed by atoms with van der Waals surface area (Å²) in [5.74, 6) is -0.00455. The fourth-order valence-corrected chi connectivity index (χ4v) is 1.70. The van der Waals surface area contributed by atoms with Crippen molar-refractivity contribution in [2.45, 2.75) is 32.7 Å². The van der Waals surface area contributed by atoms with E-state index in [2.05, 4.69) is 15.6 Å². The van der Waals surface area contributed by atoms with Crippen LogP contribution in [-0.2, 0) is 9.59 Å². The maximum atomic E-state index is 11.6. The maximum absolute atomic E-state index is 11.6. The Morgan fingerprint density at radius 1 is 1.23 bits per heavy atom. The molecule has 0 spiro atoms. The molecule has 0 aliphatic rings. The molecular weight excluding hydrogens is 327 g/mol. The van der Waals surface area contributed by atoms with Crippen LogP contribution >= 0.6 is 24.8 Å². The lowest BCUT2D eigenvalue weighted by molar-refractivity contribution is -0.122. The summed E-state index contributed by atoms with van der Waals surface area (Å²) >= 11 is 0. The quantitative estimate of drug-likeness (QED) is 0.697. The Balaban J connectivity index is 0. The summed E-state index contributed by atoms with van der Waals surface area (Å²) in [6, 6.07) is 2.89. The van der Waals surface area contributed by atoms with Gasteiger partial charge in [0.25, 0.3) is 0 Å².